The third-order valence-electron chi connectivity index (χ3n) is 2.61. The monoisotopic (exact) mass is 244 g/mol. The first kappa shape index (κ1) is 12.0. The van der Waals surface area contributed by atoms with Crippen LogP contribution in [0.2, 0.25) is 0 Å². The van der Waals surface area contributed by atoms with E-state index in [1.54, 1.807) is 37.4 Å². The molecule has 2 aromatic rings. The van der Waals surface area contributed by atoms with Gasteiger partial charge in [-0.3, -0.25) is 0 Å². The number of benzene rings is 2. The Morgan fingerprint density at radius 1 is 1.17 bits per heavy atom. The van der Waals surface area contributed by atoms with Gasteiger partial charge in [-0.15, -0.1) is 0 Å². The number of methoxy groups -OCH3 is 1. The minimum Gasteiger partial charge on any atom is -0.508 e. The first-order valence-corrected chi connectivity index (χ1v) is 5.32. The second-order valence-electron chi connectivity index (χ2n) is 3.77. The highest BCUT2D eigenvalue weighted by molar-refractivity contribution is 5.96. The van der Waals surface area contributed by atoms with Crippen molar-refractivity contribution < 1.29 is 19.7 Å². The van der Waals surface area contributed by atoms with Gasteiger partial charge < -0.3 is 14.9 Å². The minimum atomic E-state index is -1.08. The van der Waals surface area contributed by atoms with Crippen LogP contribution in [-0.4, -0.2) is 23.3 Å². The molecule has 0 bridgehead atoms. The van der Waals surface area contributed by atoms with E-state index < -0.39 is 5.97 Å². The number of carbonyl (C=O) groups is 1. The van der Waals surface area contributed by atoms with Crippen LogP contribution in [0, 0.1) is 0 Å². The fourth-order valence-corrected chi connectivity index (χ4v) is 1.75. The van der Waals surface area contributed by atoms with Gasteiger partial charge in [0.2, 0.25) is 0 Å². The maximum absolute atomic E-state index is 11.2. The summed E-state index contributed by atoms with van der Waals surface area (Å²) in [6.07, 6.45) is 0. The van der Waals surface area contributed by atoms with Gasteiger partial charge in [-0.1, -0.05) is 12.1 Å². The van der Waals surface area contributed by atoms with Crippen molar-refractivity contribution in [3.8, 4) is 22.6 Å². The van der Waals surface area contributed by atoms with Crippen LogP contribution in [0.5, 0.6) is 11.5 Å². The highest BCUT2D eigenvalue weighted by Crippen LogP contribution is 2.29. The number of rotatable bonds is 3. The van der Waals surface area contributed by atoms with E-state index >= 15 is 0 Å². The number of carboxylic acid groups (broad SMARTS) is 1. The van der Waals surface area contributed by atoms with Crippen LogP contribution in [0.3, 0.4) is 0 Å². The van der Waals surface area contributed by atoms with Crippen molar-refractivity contribution in [3.05, 3.63) is 48.0 Å². The maximum atomic E-state index is 11.2. The Labute approximate surface area is 104 Å². The quantitative estimate of drug-likeness (QED) is 0.871. The van der Waals surface area contributed by atoms with Crippen molar-refractivity contribution in [3.63, 3.8) is 0 Å². The first-order valence-electron chi connectivity index (χ1n) is 5.32. The molecule has 4 heteroatoms. The third-order valence-corrected chi connectivity index (χ3v) is 2.61. The van der Waals surface area contributed by atoms with Crippen molar-refractivity contribution in [2.75, 3.05) is 7.11 Å². The summed E-state index contributed by atoms with van der Waals surface area (Å²) in [7, 11) is 1.55. The lowest BCUT2D eigenvalue weighted by molar-refractivity contribution is 0.0697. The molecule has 92 valence electrons. The van der Waals surface area contributed by atoms with Crippen LogP contribution in [0.15, 0.2) is 42.5 Å². The van der Waals surface area contributed by atoms with Gasteiger partial charge >= 0.3 is 5.97 Å². The molecule has 2 aromatic carbocycles. The largest absolute Gasteiger partial charge is 0.508 e. The highest BCUT2D eigenvalue weighted by atomic mass is 16.5. The fourth-order valence-electron chi connectivity index (χ4n) is 1.75. The second-order valence-corrected chi connectivity index (χ2v) is 3.77. The SMILES string of the molecule is COc1cccc(-c2ccc(O)cc2C(=O)O)c1. The summed E-state index contributed by atoms with van der Waals surface area (Å²) in [4.78, 5) is 11.2. The van der Waals surface area contributed by atoms with Gasteiger partial charge in [-0.25, -0.2) is 4.79 Å². The lowest BCUT2D eigenvalue weighted by Crippen LogP contribution is -1.99. The smallest absolute Gasteiger partial charge is 0.336 e. The maximum Gasteiger partial charge on any atom is 0.336 e. The molecule has 2 N–H and O–H groups in total. The highest BCUT2D eigenvalue weighted by Gasteiger charge is 2.12. The zero-order valence-corrected chi connectivity index (χ0v) is 9.75. The molecule has 0 radical (unpaired) electrons. The summed E-state index contributed by atoms with van der Waals surface area (Å²) >= 11 is 0. The molecule has 0 fully saturated rings. The molecule has 0 aliphatic rings. The van der Waals surface area contributed by atoms with Gasteiger partial charge in [0.1, 0.15) is 11.5 Å². The van der Waals surface area contributed by atoms with E-state index in [0.717, 1.165) is 5.56 Å². The Morgan fingerprint density at radius 3 is 2.61 bits per heavy atom. The van der Waals surface area contributed by atoms with Gasteiger partial charge in [0.15, 0.2) is 0 Å². The number of ether oxygens (including phenoxy) is 1. The van der Waals surface area contributed by atoms with Crippen LogP contribution in [-0.2, 0) is 0 Å². The molecule has 0 unspecified atom stereocenters. The molecule has 0 atom stereocenters. The van der Waals surface area contributed by atoms with E-state index in [1.165, 1.54) is 12.1 Å². The number of phenols is 1. The first-order chi connectivity index (χ1) is 8.61. The van der Waals surface area contributed by atoms with Crippen molar-refractivity contribution in [2.45, 2.75) is 0 Å². The van der Waals surface area contributed by atoms with E-state index in [1.807, 2.05) is 0 Å². The van der Waals surface area contributed by atoms with Gasteiger partial charge in [-0.05, 0) is 41.5 Å². The number of aromatic carboxylic acids is 1. The number of phenolic OH excluding ortho intramolecular Hbond substituents is 1. The van der Waals surface area contributed by atoms with Crippen molar-refractivity contribution in [1.29, 1.82) is 0 Å². The van der Waals surface area contributed by atoms with E-state index in [2.05, 4.69) is 0 Å². The lowest BCUT2D eigenvalue weighted by atomic mass is 9.99. The molecule has 0 heterocycles. The summed E-state index contributed by atoms with van der Waals surface area (Å²) in [6, 6.07) is 11.4. The van der Waals surface area contributed by atoms with Crippen LogP contribution in [0.4, 0.5) is 0 Å². The van der Waals surface area contributed by atoms with E-state index in [9.17, 15) is 9.90 Å². The fraction of sp³-hybridized carbons (Fsp3) is 0.0714. The number of carboxylic acids is 1. The van der Waals surface area contributed by atoms with E-state index in [0.29, 0.717) is 11.3 Å². The number of aromatic hydroxyl groups is 1. The predicted molar refractivity (Wildman–Crippen MR) is 67.1 cm³/mol. The molecule has 0 spiro atoms. The Kier molecular flexibility index (Phi) is 3.19. The summed E-state index contributed by atoms with van der Waals surface area (Å²) in [5.41, 5.74) is 1.33. The second kappa shape index (κ2) is 4.79. The van der Waals surface area contributed by atoms with Gasteiger partial charge in [0.05, 0.1) is 12.7 Å². The molecule has 0 aliphatic carbocycles. The van der Waals surface area contributed by atoms with Gasteiger partial charge in [-0.2, -0.15) is 0 Å². The lowest BCUT2D eigenvalue weighted by Gasteiger charge is -2.08. The average molecular weight is 244 g/mol. The molecule has 2 rings (SSSR count). The third kappa shape index (κ3) is 2.27. The summed E-state index contributed by atoms with van der Waals surface area (Å²) < 4.78 is 5.10. The zero-order valence-electron chi connectivity index (χ0n) is 9.75. The van der Waals surface area contributed by atoms with Gasteiger partial charge in [0.25, 0.3) is 0 Å². The molecule has 0 aromatic heterocycles. The average Bonchev–Trinajstić information content (AvgIpc) is 2.38. The van der Waals surface area contributed by atoms with Crippen molar-refractivity contribution >= 4 is 5.97 Å². The molecule has 18 heavy (non-hydrogen) atoms. The Bertz CT molecular complexity index is 590. The topological polar surface area (TPSA) is 66.8 Å². The molecule has 0 saturated carbocycles. The van der Waals surface area contributed by atoms with Crippen LogP contribution < -0.4 is 4.74 Å². The Balaban J connectivity index is 2.59. The van der Waals surface area contributed by atoms with Crippen LogP contribution >= 0.6 is 0 Å². The zero-order chi connectivity index (χ0) is 13.1. The minimum absolute atomic E-state index is 0.0586. The molecule has 4 nitrogen and oxygen atoms in total. The Morgan fingerprint density at radius 2 is 1.94 bits per heavy atom. The predicted octanol–water partition coefficient (Wildman–Crippen LogP) is 2.77. The molecule has 0 saturated heterocycles. The summed E-state index contributed by atoms with van der Waals surface area (Å²) in [6.45, 7) is 0. The molecule has 0 amide bonds. The number of hydrogen-bond acceptors (Lipinski definition) is 3. The molecular weight excluding hydrogens is 232 g/mol. The molecule has 0 aliphatic heterocycles. The van der Waals surface area contributed by atoms with E-state index in [-0.39, 0.29) is 11.3 Å². The Hall–Kier alpha value is -2.49. The standard InChI is InChI=1S/C14H12O4/c1-18-11-4-2-3-9(7-11)12-6-5-10(15)8-13(12)14(16)17/h2-8,15H,1H3,(H,16,17). The van der Waals surface area contributed by atoms with Crippen molar-refractivity contribution in [1.82, 2.24) is 0 Å². The van der Waals surface area contributed by atoms with Crippen LogP contribution in [0.1, 0.15) is 10.4 Å². The van der Waals surface area contributed by atoms with E-state index in [4.69, 9.17) is 9.84 Å². The van der Waals surface area contributed by atoms with Crippen molar-refractivity contribution in [2.24, 2.45) is 0 Å². The van der Waals surface area contributed by atoms with Crippen LogP contribution in [0.25, 0.3) is 11.1 Å². The summed E-state index contributed by atoms with van der Waals surface area (Å²) in [5, 5.41) is 18.5. The summed E-state index contributed by atoms with van der Waals surface area (Å²) in [5.74, 6) is -0.500. The van der Waals surface area contributed by atoms with Gasteiger partial charge in [0, 0.05) is 0 Å². The normalized spacial score (nSPS) is 10.1. The molecular formula is C14H12O4. The number of hydrogen-bond donors (Lipinski definition) is 2.